The Kier molecular flexibility index (Phi) is 7.21. The molecule has 36 heavy (non-hydrogen) atoms. The molecule has 0 fully saturated rings. The van der Waals surface area contributed by atoms with Gasteiger partial charge >= 0.3 is 5.97 Å². The standard InChI is InChI=1S/C28H24N4O4/c1-3-36-27(34)18-32(28(35)21-5-4-12-30-16-21)22-10-11-23-24(17-31(2)25(23)14-22)26(33)13-19-6-8-20(15-29)9-7-19/h4-12,14,16-17H,3,13,18H2,1-2H3. The molecule has 4 aromatic rings. The number of aryl methyl sites for hydroxylation is 1. The average Bonchev–Trinajstić information content (AvgIpc) is 3.24. The zero-order valence-corrected chi connectivity index (χ0v) is 20.0. The average molecular weight is 481 g/mol. The van der Waals surface area contributed by atoms with Crippen LogP contribution in [0.2, 0.25) is 0 Å². The number of carbonyl (C=O) groups excluding carboxylic acids is 3. The first-order valence-electron chi connectivity index (χ1n) is 11.4. The number of esters is 1. The zero-order chi connectivity index (χ0) is 25.7. The molecule has 0 bridgehead atoms. The number of Topliss-reactive ketones (excluding diaryl/α,β-unsaturated/α-hetero) is 1. The van der Waals surface area contributed by atoms with Crippen molar-refractivity contribution in [2.75, 3.05) is 18.1 Å². The summed E-state index contributed by atoms with van der Waals surface area (Å²) in [6.07, 6.45) is 4.97. The largest absolute Gasteiger partial charge is 0.465 e. The summed E-state index contributed by atoms with van der Waals surface area (Å²) in [4.78, 5) is 44.0. The first-order chi connectivity index (χ1) is 17.4. The first kappa shape index (κ1) is 24.4. The molecular weight excluding hydrogens is 456 g/mol. The third kappa shape index (κ3) is 5.15. The molecule has 0 radical (unpaired) electrons. The van der Waals surface area contributed by atoms with Gasteiger partial charge in [-0.15, -0.1) is 0 Å². The Labute approximate surface area is 208 Å². The Balaban J connectivity index is 1.67. The van der Waals surface area contributed by atoms with Gasteiger partial charge in [-0.3, -0.25) is 24.3 Å². The van der Waals surface area contributed by atoms with Gasteiger partial charge in [0.15, 0.2) is 5.78 Å². The fourth-order valence-electron chi connectivity index (χ4n) is 4.00. The molecule has 8 heteroatoms. The first-order valence-corrected chi connectivity index (χ1v) is 11.4. The monoisotopic (exact) mass is 480 g/mol. The minimum absolute atomic E-state index is 0.0622. The molecule has 0 spiro atoms. The van der Waals surface area contributed by atoms with Crippen molar-refractivity contribution in [3.63, 3.8) is 0 Å². The van der Waals surface area contributed by atoms with E-state index in [1.807, 2.05) is 11.6 Å². The summed E-state index contributed by atoms with van der Waals surface area (Å²) in [6.45, 7) is 1.65. The summed E-state index contributed by atoms with van der Waals surface area (Å²) >= 11 is 0. The molecule has 0 aliphatic carbocycles. The van der Waals surface area contributed by atoms with Crippen molar-refractivity contribution in [2.45, 2.75) is 13.3 Å². The number of benzene rings is 2. The van der Waals surface area contributed by atoms with Crippen LogP contribution in [-0.4, -0.2) is 40.4 Å². The minimum Gasteiger partial charge on any atom is -0.465 e. The van der Waals surface area contributed by atoms with Crippen LogP contribution in [0.5, 0.6) is 0 Å². The number of nitrogens with zero attached hydrogens (tertiary/aromatic N) is 4. The Morgan fingerprint density at radius 2 is 1.89 bits per heavy atom. The predicted octanol–water partition coefficient (Wildman–Crippen LogP) is 4.08. The number of hydrogen-bond acceptors (Lipinski definition) is 6. The molecule has 0 aliphatic rings. The third-order valence-corrected chi connectivity index (χ3v) is 5.78. The van der Waals surface area contributed by atoms with Crippen molar-refractivity contribution in [3.05, 3.63) is 95.4 Å². The fraction of sp³-hybridized carbons (Fsp3) is 0.179. The van der Waals surface area contributed by atoms with Gasteiger partial charge in [0.2, 0.25) is 0 Å². The van der Waals surface area contributed by atoms with E-state index < -0.39 is 5.97 Å². The van der Waals surface area contributed by atoms with Gasteiger partial charge in [-0.25, -0.2) is 0 Å². The Bertz CT molecular complexity index is 1470. The van der Waals surface area contributed by atoms with Crippen LogP contribution in [0, 0.1) is 11.3 Å². The van der Waals surface area contributed by atoms with Crippen LogP contribution in [0.15, 0.2) is 73.2 Å². The number of aromatic nitrogens is 2. The number of rotatable bonds is 8. The summed E-state index contributed by atoms with van der Waals surface area (Å²) in [5.74, 6) is -0.977. The van der Waals surface area contributed by atoms with Crippen LogP contribution in [0.3, 0.4) is 0 Å². The number of nitriles is 1. The second kappa shape index (κ2) is 10.7. The van der Waals surface area contributed by atoms with Crippen LogP contribution in [0.25, 0.3) is 10.9 Å². The van der Waals surface area contributed by atoms with Gasteiger partial charge in [-0.1, -0.05) is 18.2 Å². The Hall–Kier alpha value is -4.77. The molecule has 0 saturated heterocycles. The van der Waals surface area contributed by atoms with Crippen molar-refractivity contribution in [1.82, 2.24) is 9.55 Å². The number of anilines is 1. The lowest BCUT2D eigenvalue weighted by Crippen LogP contribution is -2.36. The number of hydrogen-bond donors (Lipinski definition) is 0. The van der Waals surface area contributed by atoms with E-state index >= 15 is 0 Å². The number of fused-ring (bicyclic) bond motifs is 1. The molecule has 2 heterocycles. The molecule has 8 nitrogen and oxygen atoms in total. The lowest BCUT2D eigenvalue weighted by Gasteiger charge is -2.22. The normalized spacial score (nSPS) is 10.6. The van der Waals surface area contributed by atoms with Crippen molar-refractivity contribution >= 4 is 34.3 Å². The van der Waals surface area contributed by atoms with E-state index in [1.165, 1.54) is 11.1 Å². The van der Waals surface area contributed by atoms with Crippen LogP contribution in [-0.2, 0) is 23.0 Å². The summed E-state index contributed by atoms with van der Waals surface area (Å²) in [7, 11) is 1.82. The second-order valence-corrected chi connectivity index (χ2v) is 8.20. The number of amides is 1. The Morgan fingerprint density at radius 1 is 1.11 bits per heavy atom. The third-order valence-electron chi connectivity index (χ3n) is 5.78. The van der Waals surface area contributed by atoms with Crippen LogP contribution < -0.4 is 4.90 Å². The van der Waals surface area contributed by atoms with Crippen molar-refractivity contribution < 1.29 is 19.1 Å². The highest BCUT2D eigenvalue weighted by atomic mass is 16.5. The molecule has 0 aliphatic heterocycles. The van der Waals surface area contributed by atoms with E-state index in [2.05, 4.69) is 11.1 Å². The maximum Gasteiger partial charge on any atom is 0.326 e. The van der Waals surface area contributed by atoms with Crippen molar-refractivity contribution in [2.24, 2.45) is 7.05 Å². The predicted molar refractivity (Wildman–Crippen MR) is 135 cm³/mol. The maximum absolute atomic E-state index is 13.3. The molecule has 180 valence electrons. The molecule has 2 aromatic heterocycles. The smallest absolute Gasteiger partial charge is 0.326 e. The van der Waals surface area contributed by atoms with E-state index in [0.717, 1.165) is 16.5 Å². The molecular formula is C28H24N4O4. The van der Waals surface area contributed by atoms with E-state index in [9.17, 15) is 14.4 Å². The summed E-state index contributed by atoms with van der Waals surface area (Å²) in [6, 6.07) is 17.6. The van der Waals surface area contributed by atoms with Gasteiger partial charge in [0.1, 0.15) is 6.54 Å². The van der Waals surface area contributed by atoms with Gasteiger partial charge in [0, 0.05) is 48.7 Å². The topological polar surface area (TPSA) is 105 Å². The maximum atomic E-state index is 13.3. The summed E-state index contributed by atoms with van der Waals surface area (Å²) in [5, 5.41) is 9.71. The quantitative estimate of drug-likeness (QED) is 0.278. The fourth-order valence-corrected chi connectivity index (χ4v) is 4.00. The van der Waals surface area contributed by atoms with E-state index in [0.29, 0.717) is 22.4 Å². The number of carbonyl (C=O) groups is 3. The summed E-state index contributed by atoms with van der Waals surface area (Å²) < 4.78 is 6.90. The van der Waals surface area contributed by atoms with E-state index in [-0.39, 0.29) is 31.3 Å². The van der Waals surface area contributed by atoms with Crippen molar-refractivity contribution in [1.29, 1.82) is 5.26 Å². The van der Waals surface area contributed by atoms with Crippen LogP contribution in [0.4, 0.5) is 5.69 Å². The molecule has 1 amide bonds. The minimum atomic E-state index is -0.528. The highest BCUT2D eigenvalue weighted by molar-refractivity contribution is 6.11. The van der Waals surface area contributed by atoms with Crippen LogP contribution in [0.1, 0.15) is 38.8 Å². The molecule has 4 rings (SSSR count). The molecule has 2 aromatic carbocycles. The Morgan fingerprint density at radius 3 is 2.56 bits per heavy atom. The van der Waals surface area contributed by atoms with E-state index in [4.69, 9.17) is 10.00 Å². The highest BCUT2D eigenvalue weighted by Gasteiger charge is 2.23. The van der Waals surface area contributed by atoms with Gasteiger partial charge in [-0.2, -0.15) is 5.26 Å². The highest BCUT2D eigenvalue weighted by Crippen LogP contribution is 2.28. The number of ether oxygens (including phenoxy) is 1. The summed E-state index contributed by atoms with van der Waals surface area (Å²) in [5.41, 5.74) is 3.48. The molecule has 0 atom stereocenters. The molecule has 0 N–H and O–H groups in total. The van der Waals surface area contributed by atoms with Crippen molar-refractivity contribution in [3.8, 4) is 6.07 Å². The lowest BCUT2D eigenvalue weighted by molar-refractivity contribution is -0.141. The lowest BCUT2D eigenvalue weighted by atomic mass is 10.0. The van der Waals surface area contributed by atoms with Gasteiger partial charge in [-0.05, 0) is 48.9 Å². The SMILES string of the molecule is CCOC(=O)CN(C(=O)c1cccnc1)c1ccc2c(C(=O)Cc3ccc(C#N)cc3)cn(C)c2c1. The van der Waals surface area contributed by atoms with Gasteiger partial charge in [0.25, 0.3) is 5.91 Å². The second-order valence-electron chi connectivity index (χ2n) is 8.20. The zero-order valence-electron chi connectivity index (χ0n) is 20.0. The molecule has 0 saturated carbocycles. The van der Waals surface area contributed by atoms with E-state index in [1.54, 1.807) is 73.9 Å². The number of pyridine rings is 1. The van der Waals surface area contributed by atoms with Gasteiger partial charge < -0.3 is 9.30 Å². The number of ketones is 1. The van der Waals surface area contributed by atoms with Gasteiger partial charge in [0.05, 0.1) is 29.3 Å². The molecule has 0 unspecified atom stereocenters. The van der Waals surface area contributed by atoms with Crippen LogP contribution >= 0.6 is 0 Å².